The average molecular weight is 300 g/mol. The highest BCUT2D eigenvalue weighted by molar-refractivity contribution is 9.10. The summed E-state index contributed by atoms with van der Waals surface area (Å²) < 4.78 is 42.1. The van der Waals surface area contributed by atoms with E-state index in [1.807, 2.05) is 0 Å². The monoisotopic (exact) mass is 299 g/mol. The lowest BCUT2D eigenvalue weighted by molar-refractivity contribution is -0.139. The van der Waals surface area contributed by atoms with E-state index in [0.29, 0.717) is 10.4 Å². The zero-order valence-electron chi connectivity index (χ0n) is 8.94. The van der Waals surface area contributed by atoms with Gasteiger partial charge in [-0.1, -0.05) is 0 Å². The highest BCUT2D eigenvalue weighted by Crippen LogP contribution is 2.24. The number of hydrogen-bond acceptors (Lipinski definition) is 2. The van der Waals surface area contributed by atoms with Gasteiger partial charge in [0.1, 0.15) is 5.76 Å². The summed E-state index contributed by atoms with van der Waals surface area (Å²) in [6, 6.07) is 2.55. The van der Waals surface area contributed by atoms with Crippen LogP contribution in [0.1, 0.15) is 32.1 Å². The Balaban J connectivity index is 2.48. The van der Waals surface area contributed by atoms with Gasteiger partial charge < -0.3 is 9.73 Å². The summed E-state index contributed by atoms with van der Waals surface area (Å²) >= 11 is 3.14. The van der Waals surface area contributed by atoms with Gasteiger partial charge in [0.2, 0.25) is 0 Å². The third-order valence-electron chi connectivity index (χ3n) is 2.09. The van der Waals surface area contributed by atoms with E-state index >= 15 is 0 Å². The van der Waals surface area contributed by atoms with Gasteiger partial charge in [-0.15, -0.1) is 0 Å². The van der Waals surface area contributed by atoms with E-state index in [0.717, 1.165) is 0 Å². The lowest BCUT2D eigenvalue weighted by atomic mass is 10.2. The zero-order chi connectivity index (χ0) is 12.3. The molecule has 0 saturated heterocycles. The molecule has 2 nitrogen and oxygen atoms in total. The summed E-state index contributed by atoms with van der Waals surface area (Å²) in [5, 5.41) is 2.83. The van der Waals surface area contributed by atoms with Gasteiger partial charge in [-0.2, -0.15) is 13.2 Å². The first-order valence-electron chi connectivity index (χ1n) is 4.86. The molecule has 6 heteroatoms. The quantitative estimate of drug-likeness (QED) is 0.908. The van der Waals surface area contributed by atoms with Gasteiger partial charge in [0, 0.05) is 6.04 Å². The smallest absolute Gasteiger partial charge is 0.390 e. The minimum atomic E-state index is -4.14. The molecule has 92 valence electrons. The van der Waals surface area contributed by atoms with E-state index < -0.39 is 18.6 Å². The lowest BCUT2D eigenvalue weighted by Gasteiger charge is -2.19. The molecule has 1 heterocycles. The van der Waals surface area contributed by atoms with Crippen molar-refractivity contribution in [2.45, 2.75) is 38.5 Å². The van der Waals surface area contributed by atoms with Crippen LogP contribution in [0.5, 0.6) is 0 Å². The Morgan fingerprint density at radius 3 is 2.44 bits per heavy atom. The number of halogens is 4. The van der Waals surface area contributed by atoms with Crippen molar-refractivity contribution in [1.82, 2.24) is 5.32 Å². The molecule has 0 fully saturated rings. The maximum Gasteiger partial charge on any atom is 0.390 e. The largest absolute Gasteiger partial charge is 0.453 e. The van der Waals surface area contributed by atoms with E-state index in [1.165, 1.54) is 6.92 Å². The molecule has 0 aliphatic heterocycles. The Bertz CT molecular complexity index is 337. The predicted octanol–water partition coefficient (Wildman–Crippen LogP) is 4.03. The maximum atomic E-state index is 12.1. The average Bonchev–Trinajstić information content (AvgIpc) is 2.47. The van der Waals surface area contributed by atoms with Crippen LogP contribution in [0.25, 0.3) is 0 Å². The molecule has 2 atom stereocenters. The Labute approximate surface area is 100 Å². The Hall–Kier alpha value is -0.490. The van der Waals surface area contributed by atoms with Crippen molar-refractivity contribution in [2.75, 3.05) is 0 Å². The molecule has 1 aromatic heterocycles. The molecule has 0 saturated carbocycles. The van der Waals surface area contributed by atoms with Crippen LogP contribution in [0.15, 0.2) is 21.2 Å². The fourth-order valence-electron chi connectivity index (χ4n) is 1.48. The Morgan fingerprint density at radius 1 is 1.38 bits per heavy atom. The summed E-state index contributed by atoms with van der Waals surface area (Å²) in [5.41, 5.74) is 0. The van der Waals surface area contributed by atoms with Gasteiger partial charge >= 0.3 is 6.18 Å². The SMILES string of the molecule is CC(CC(F)(F)F)NC(C)c1ccc(Br)o1. The van der Waals surface area contributed by atoms with Gasteiger partial charge in [0.25, 0.3) is 0 Å². The molecule has 1 rings (SSSR count). The van der Waals surface area contributed by atoms with Crippen LogP contribution in [0, 0.1) is 0 Å². The molecular weight excluding hydrogens is 287 g/mol. The third kappa shape index (κ3) is 4.57. The molecule has 0 aliphatic rings. The summed E-state index contributed by atoms with van der Waals surface area (Å²) in [7, 11) is 0. The molecule has 0 aromatic carbocycles. The second-order valence-electron chi connectivity index (χ2n) is 3.75. The molecule has 1 aromatic rings. The van der Waals surface area contributed by atoms with Crippen LogP contribution in [-0.4, -0.2) is 12.2 Å². The third-order valence-corrected chi connectivity index (χ3v) is 2.52. The van der Waals surface area contributed by atoms with Crippen molar-refractivity contribution in [2.24, 2.45) is 0 Å². The summed E-state index contributed by atoms with van der Waals surface area (Å²) in [6.45, 7) is 3.26. The lowest BCUT2D eigenvalue weighted by Crippen LogP contribution is -2.32. The number of alkyl halides is 3. The van der Waals surface area contributed by atoms with Crippen molar-refractivity contribution in [1.29, 1.82) is 0 Å². The number of nitrogens with one attached hydrogen (secondary N) is 1. The van der Waals surface area contributed by atoms with Crippen LogP contribution in [0.4, 0.5) is 13.2 Å². The second-order valence-corrected chi connectivity index (χ2v) is 4.53. The van der Waals surface area contributed by atoms with Crippen molar-refractivity contribution < 1.29 is 17.6 Å². The first kappa shape index (κ1) is 13.6. The van der Waals surface area contributed by atoms with Crippen LogP contribution < -0.4 is 5.32 Å². The highest BCUT2D eigenvalue weighted by Gasteiger charge is 2.30. The number of furan rings is 1. The molecular formula is C10H13BrF3NO. The normalized spacial score (nSPS) is 16.1. The molecule has 2 unspecified atom stereocenters. The fraction of sp³-hybridized carbons (Fsp3) is 0.600. The van der Waals surface area contributed by atoms with Crippen LogP contribution in [-0.2, 0) is 0 Å². The predicted molar refractivity (Wildman–Crippen MR) is 58.1 cm³/mol. The van der Waals surface area contributed by atoms with E-state index in [-0.39, 0.29) is 6.04 Å². The highest BCUT2D eigenvalue weighted by atomic mass is 79.9. The molecule has 1 N–H and O–H groups in total. The second kappa shape index (κ2) is 5.23. The fourth-order valence-corrected chi connectivity index (χ4v) is 1.80. The van der Waals surface area contributed by atoms with Crippen molar-refractivity contribution in [3.8, 4) is 0 Å². The summed E-state index contributed by atoms with van der Waals surface area (Å²) in [4.78, 5) is 0. The minimum absolute atomic E-state index is 0.247. The van der Waals surface area contributed by atoms with Crippen LogP contribution >= 0.6 is 15.9 Å². The van der Waals surface area contributed by atoms with E-state index in [2.05, 4.69) is 21.2 Å². The van der Waals surface area contributed by atoms with Gasteiger partial charge in [0.15, 0.2) is 4.67 Å². The molecule has 0 aliphatic carbocycles. The molecule has 0 amide bonds. The van der Waals surface area contributed by atoms with Gasteiger partial charge in [-0.05, 0) is 41.9 Å². The van der Waals surface area contributed by atoms with Gasteiger partial charge in [0.05, 0.1) is 12.5 Å². The standard InChI is InChI=1S/C10H13BrF3NO/c1-6(5-10(12,13)14)15-7(2)8-3-4-9(11)16-8/h3-4,6-7,15H,5H2,1-2H3. The summed E-state index contributed by atoms with van der Waals surface area (Å²) in [6.07, 6.45) is -4.99. The van der Waals surface area contributed by atoms with Crippen LogP contribution in [0.2, 0.25) is 0 Å². The molecule has 0 radical (unpaired) electrons. The maximum absolute atomic E-state index is 12.1. The first-order valence-corrected chi connectivity index (χ1v) is 5.65. The number of rotatable bonds is 4. The molecule has 0 spiro atoms. The molecule has 0 bridgehead atoms. The first-order chi connectivity index (χ1) is 7.28. The van der Waals surface area contributed by atoms with Gasteiger partial charge in [-0.25, -0.2) is 0 Å². The Kier molecular flexibility index (Phi) is 4.43. The minimum Gasteiger partial charge on any atom is -0.453 e. The summed E-state index contributed by atoms with van der Waals surface area (Å²) in [5.74, 6) is 0.612. The van der Waals surface area contributed by atoms with Crippen molar-refractivity contribution in [3.05, 3.63) is 22.6 Å². The van der Waals surface area contributed by atoms with E-state index in [4.69, 9.17) is 4.42 Å². The van der Waals surface area contributed by atoms with Crippen LogP contribution in [0.3, 0.4) is 0 Å². The number of hydrogen-bond donors (Lipinski definition) is 1. The van der Waals surface area contributed by atoms with Gasteiger partial charge in [-0.3, -0.25) is 0 Å². The Morgan fingerprint density at radius 2 is 2.00 bits per heavy atom. The zero-order valence-corrected chi connectivity index (χ0v) is 10.5. The van der Waals surface area contributed by atoms with E-state index in [9.17, 15) is 13.2 Å². The molecule has 16 heavy (non-hydrogen) atoms. The van der Waals surface area contributed by atoms with Crippen molar-refractivity contribution >= 4 is 15.9 Å². The van der Waals surface area contributed by atoms with Crippen molar-refractivity contribution in [3.63, 3.8) is 0 Å². The van der Waals surface area contributed by atoms with E-state index in [1.54, 1.807) is 19.1 Å². The topological polar surface area (TPSA) is 25.2 Å².